The lowest BCUT2D eigenvalue weighted by atomic mass is 10.1. The molecule has 0 fully saturated rings. The molecule has 0 saturated heterocycles. The van der Waals surface area contributed by atoms with Crippen molar-refractivity contribution in [2.75, 3.05) is 0 Å². The van der Waals surface area contributed by atoms with Crippen LogP contribution in [0.15, 0.2) is 74.3 Å². The molecule has 0 bridgehead atoms. The number of benzene rings is 2. The number of amides is 2. The van der Waals surface area contributed by atoms with E-state index in [1.165, 1.54) is 49.4 Å². The lowest BCUT2D eigenvalue weighted by molar-refractivity contribution is -0.128. The van der Waals surface area contributed by atoms with Gasteiger partial charge in [0.15, 0.2) is 11.9 Å². The monoisotopic (exact) mass is 450 g/mol. The minimum atomic E-state index is -0.967. The normalized spacial score (nSPS) is 11.7. The lowest BCUT2D eigenvalue weighted by Gasteiger charge is -2.15. The van der Waals surface area contributed by atoms with Crippen LogP contribution >= 0.6 is 0 Å². The van der Waals surface area contributed by atoms with Crippen LogP contribution in [0.4, 0.5) is 4.39 Å². The molecule has 0 aliphatic rings. The molecule has 1 atom stereocenters. The van der Waals surface area contributed by atoms with Gasteiger partial charge in [-0.1, -0.05) is 0 Å². The number of fused-ring (bicyclic) bond motifs is 1. The summed E-state index contributed by atoms with van der Waals surface area (Å²) in [7, 11) is 0. The minimum absolute atomic E-state index is 0.0388. The van der Waals surface area contributed by atoms with Gasteiger partial charge in [-0.25, -0.2) is 9.18 Å². The fourth-order valence-electron chi connectivity index (χ4n) is 3.15. The molecule has 2 amide bonds. The van der Waals surface area contributed by atoms with Crippen molar-refractivity contribution in [3.63, 3.8) is 0 Å². The molecule has 9 heteroatoms. The average molecular weight is 450 g/mol. The van der Waals surface area contributed by atoms with Crippen molar-refractivity contribution in [3.8, 4) is 17.1 Å². The van der Waals surface area contributed by atoms with E-state index in [1.54, 1.807) is 25.1 Å². The molecule has 2 N–H and O–H groups in total. The van der Waals surface area contributed by atoms with Gasteiger partial charge in [-0.2, -0.15) is 0 Å². The number of carbonyl (C=O) groups excluding carboxylic acids is 2. The Morgan fingerprint density at radius 3 is 2.48 bits per heavy atom. The third-order valence-electron chi connectivity index (χ3n) is 4.86. The second-order valence-corrected chi connectivity index (χ2v) is 7.28. The standard InChI is InChI=1S/C24H19FN2O6/c1-13-11-22(28)33-21-12-17(7-8-18(13)21)31-14(2)23(29)26-27-24(30)20-10-9-19(32-20)15-3-5-16(25)6-4-15/h3-12,14H,1-2H3,(H,26,29)(H,27,30)/t14-/m1/s1. The summed E-state index contributed by atoms with van der Waals surface area (Å²) in [4.78, 5) is 36.2. The van der Waals surface area contributed by atoms with E-state index in [0.717, 1.165) is 10.9 Å². The van der Waals surface area contributed by atoms with E-state index in [2.05, 4.69) is 10.9 Å². The molecule has 8 nitrogen and oxygen atoms in total. The number of hydrogen-bond donors (Lipinski definition) is 2. The molecule has 4 rings (SSSR count). The molecule has 2 aromatic carbocycles. The maximum Gasteiger partial charge on any atom is 0.336 e. The molecule has 0 saturated carbocycles. The van der Waals surface area contributed by atoms with Crippen molar-refractivity contribution in [1.29, 1.82) is 0 Å². The summed E-state index contributed by atoms with van der Waals surface area (Å²) in [5.41, 5.74) is 5.74. The van der Waals surface area contributed by atoms with Gasteiger partial charge in [0.25, 0.3) is 5.91 Å². The molecule has 168 valence electrons. The van der Waals surface area contributed by atoms with Gasteiger partial charge in [-0.15, -0.1) is 0 Å². The van der Waals surface area contributed by atoms with Crippen molar-refractivity contribution in [3.05, 3.63) is 88.2 Å². The number of hydrogen-bond acceptors (Lipinski definition) is 6. The molecule has 0 aliphatic carbocycles. The van der Waals surface area contributed by atoms with Crippen molar-refractivity contribution >= 4 is 22.8 Å². The van der Waals surface area contributed by atoms with Crippen molar-refractivity contribution < 1.29 is 27.6 Å². The van der Waals surface area contributed by atoms with E-state index >= 15 is 0 Å². The largest absolute Gasteiger partial charge is 0.481 e. The molecule has 2 aromatic heterocycles. The molecule has 0 unspecified atom stereocenters. The Morgan fingerprint density at radius 2 is 1.73 bits per heavy atom. The van der Waals surface area contributed by atoms with E-state index in [-0.39, 0.29) is 11.6 Å². The van der Waals surface area contributed by atoms with E-state index < -0.39 is 23.5 Å². The van der Waals surface area contributed by atoms with Crippen LogP contribution in [0.1, 0.15) is 23.0 Å². The van der Waals surface area contributed by atoms with Crippen LogP contribution in [0, 0.1) is 12.7 Å². The van der Waals surface area contributed by atoms with Gasteiger partial charge in [0, 0.05) is 23.1 Å². The second-order valence-electron chi connectivity index (χ2n) is 7.28. The highest BCUT2D eigenvalue weighted by Gasteiger charge is 2.18. The zero-order chi connectivity index (χ0) is 23.5. The van der Waals surface area contributed by atoms with Crippen molar-refractivity contribution in [2.24, 2.45) is 0 Å². The molecular formula is C24H19FN2O6. The third-order valence-corrected chi connectivity index (χ3v) is 4.86. The van der Waals surface area contributed by atoms with Crippen LogP contribution in [0.2, 0.25) is 0 Å². The summed E-state index contributed by atoms with van der Waals surface area (Å²) in [6.07, 6.45) is -0.967. The van der Waals surface area contributed by atoms with Gasteiger partial charge < -0.3 is 13.6 Å². The fourth-order valence-corrected chi connectivity index (χ4v) is 3.15. The Morgan fingerprint density at radius 1 is 0.970 bits per heavy atom. The maximum atomic E-state index is 13.1. The third kappa shape index (κ3) is 4.93. The number of furan rings is 1. The SMILES string of the molecule is Cc1cc(=O)oc2cc(O[C@H](C)C(=O)NNC(=O)c3ccc(-c4ccc(F)cc4)o3)ccc12. The van der Waals surface area contributed by atoms with Gasteiger partial charge in [0.2, 0.25) is 0 Å². The summed E-state index contributed by atoms with van der Waals surface area (Å²) in [6, 6.07) is 14.9. The predicted octanol–water partition coefficient (Wildman–Crippen LogP) is 3.73. The van der Waals surface area contributed by atoms with Crippen LogP contribution < -0.4 is 21.2 Å². The van der Waals surface area contributed by atoms with Crippen LogP contribution in [-0.4, -0.2) is 17.9 Å². The Kier molecular flexibility index (Phi) is 5.95. The first-order valence-electron chi connectivity index (χ1n) is 9.97. The summed E-state index contributed by atoms with van der Waals surface area (Å²) in [6.45, 7) is 3.29. The van der Waals surface area contributed by atoms with Crippen molar-refractivity contribution in [2.45, 2.75) is 20.0 Å². The summed E-state index contributed by atoms with van der Waals surface area (Å²) < 4.78 is 29.3. The molecular weight excluding hydrogens is 431 g/mol. The Balaban J connectivity index is 1.35. The molecule has 2 heterocycles. The zero-order valence-corrected chi connectivity index (χ0v) is 17.7. The topological polar surface area (TPSA) is 111 Å². The van der Waals surface area contributed by atoms with E-state index in [0.29, 0.717) is 22.7 Å². The van der Waals surface area contributed by atoms with Crippen LogP contribution in [0.25, 0.3) is 22.3 Å². The van der Waals surface area contributed by atoms with Gasteiger partial charge in [-0.05, 0) is 67.9 Å². The maximum absolute atomic E-state index is 13.1. The van der Waals surface area contributed by atoms with E-state index in [1.807, 2.05) is 0 Å². The number of halogens is 1. The highest BCUT2D eigenvalue weighted by Crippen LogP contribution is 2.24. The summed E-state index contributed by atoms with van der Waals surface area (Å²) in [5, 5.41) is 0.754. The second kappa shape index (κ2) is 8.99. The Labute approximate surface area is 186 Å². The first kappa shape index (κ1) is 21.8. The van der Waals surface area contributed by atoms with Crippen LogP contribution in [0.3, 0.4) is 0 Å². The Bertz CT molecular complexity index is 1390. The first-order valence-corrected chi connectivity index (χ1v) is 9.97. The fraction of sp³-hybridized carbons (Fsp3) is 0.125. The van der Waals surface area contributed by atoms with E-state index in [4.69, 9.17) is 13.6 Å². The molecule has 0 radical (unpaired) electrons. The summed E-state index contributed by atoms with van der Waals surface area (Å²) >= 11 is 0. The number of rotatable bonds is 5. The average Bonchev–Trinajstić information content (AvgIpc) is 3.27. The predicted molar refractivity (Wildman–Crippen MR) is 117 cm³/mol. The van der Waals surface area contributed by atoms with Gasteiger partial charge in [-0.3, -0.25) is 20.4 Å². The number of carbonyl (C=O) groups is 2. The van der Waals surface area contributed by atoms with Crippen LogP contribution in [0.5, 0.6) is 5.75 Å². The first-order chi connectivity index (χ1) is 15.8. The molecule has 0 spiro atoms. The number of aryl methyl sites for hydroxylation is 1. The number of nitrogens with one attached hydrogen (secondary N) is 2. The highest BCUT2D eigenvalue weighted by molar-refractivity contribution is 5.94. The quantitative estimate of drug-likeness (QED) is 0.354. The lowest BCUT2D eigenvalue weighted by Crippen LogP contribution is -2.47. The number of ether oxygens (including phenoxy) is 1. The highest BCUT2D eigenvalue weighted by atomic mass is 19.1. The molecule has 33 heavy (non-hydrogen) atoms. The van der Waals surface area contributed by atoms with Crippen molar-refractivity contribution in [1.82, 2.24) is 10.9 Å². The summed E-state index contributed by atoms with van der Waals surface area (Å²) in [5.74, 6) is -1.01. The van der Waals surface area contributed by atoms with Crippen LogP contribution in [-0.2, 0) is 4.79 Å². The smallest absolute Gasteiger partial charge is 0.336 e. The Hall–Kier alpha value is -4.40. The molecule has 0 aliphatic heterocycles. The minimum Gasteiger partial charge on any atom is -0.481 e. The van der Waals surface area contributed by atoms with Gasteiger partial charge in [0.1, 0.15) is 22.9 Å². The number of hydrazine groups is 1. The molecule has 4 aromatic rings. The zero-order valence-electron chi connectivity index (χ0n) is 17.7. The van der Waals surface area contributed by atoms with Gasteiger partial charge >= 0.3 is 11.5 Å². The van der Waals surface area contributed by atoms with E-state index in [9.17, 15) is 18.8 Å². The van der Waals surface area contributed by atoms with Gasteiger partial charge in [0.05, 0.1) is 0 Å².